The first-order valence-corrected chi connectivity index (χ1v) is 4.45. The molecule has 1 aromatic rings. The molecule has 0 atom stereocenters. The van der Waals surface area contributed by atoms with E-state index in [4.69, 9.17) is 58.0 Å². The van der Waals surface area contributed by atoms with Crippen LogP contribution in [0.3, 0.4) is 0 Å². The molecule has 1 nitrogen and oxygen atoms in total. The van der Waals surface area contributed by atoms with Crippen LogP contribution in [-0.2, 0) is 0 Å². The third kappa shape index (κ3) is 1.59. The van der Waals surface area contributed by atoms with Gasteiger partial charge in [-0.05, 0) is 23.2 Å². The predicted molar refractivity (Wildman–Crippen MR) is 48.2 cm³/mol. The lowest BCUT2D eigenvalue weighted by atomic mass is 10.5. The topological polar surface area (TPSA) is 3.88 Å². The Hall–Kier alpha value is 0.530. The largest absolute Gasteiger partial charge is 0.343 e. The smallest absolute Gasteiger partial charge is 0.0804 e. The molecule has 66 valence electrons. The van der Waals surface area contributed by atoms with Gasteiger partial charge in [-0.15, -0.1) is 0 Å². The van der Waals surface area contributed by atoms with Crippen molar-refractivity contribution < 1.29 is 9.27 Å². The van der Waals surface area contributed by atoms with Crippen LogP contribution in [-0.4, -0.2) is 0 Å². The lowest BCUT2D eigenvalue weighted by Crippen LogP contribution is -2.26. The average molecular weight is 270 g/mol. The van der Waals surface area contributed by atoms with Crippen LogP contribution in [0.5, 0.6) is 0 Å². The molecule has 12 heavy (non-hydrogen) atoms. The average Bonchev–Trinajstić information content (AvgIpc) is 2.08. The fourth-order valence-corrected chi connectivity index (χ4v) is 1.60. The van der Waals surface area contributed by atoms with E-state index in [2.05, 4.69) is 0 Å². The summed E-state index contributed by atoms with van der Waals surface area (Å²) in [4.78, 5) is -0.0559. The SMILES string of the molecule is F[n+]1c(Cl)c(Cl)c(Cl)c(Cl)c1Cl. The van der Waals surface area contributed by atoms with Crippen LogP contribution in [0.2, 0.25) is 25.4 Å². The summed E-state index contributed by atoms with van der Waals surface area (Å²) < 4.78 is 12.9. The Morgan fingerprint density at radius 3 is 1.42 bits per heavy atom. The molecule has 1 aromatic heterocycles. The third-order valence-corrected chi connectivity index (χ3v) is 3.27. The maximum absolute atomic E-state index is 12.9. The number of aromatic nitrogens is 1. The van der Waals surface area contributed by atoms with Crippen LogP contribution in [0.1, 0.15) is 0 Å². The van der Waals surface area contributed by atoms with Gasteiger partial charge in [0.2, 0.25) is 0 Å². The first kappa shape index (κ1) is 10.6. The van der Waals surface area contributed by atoms with Crippen LogP contribution >= 0.6 is 58.0 Å². The van der Waals surface area contributed by atoms with Crippen molar-refractivity contribution in [1.29, 1.82) is 0 Å². The number of pyridine rings is 1. The molecule has 0 unspecified atom stereocenters. The highest BCUT2D eigenvalue weighted by Gasteiger charge is 2.27. The molecular formula is C5Cl5FN+. The number of hydrogen-bond acceptors (Lipinski definition) is 0. The molecule has 0 spiro atoms. The lowest BCUT2D eigenvalue weighted by molar-refractivity contribution is -0.839. The summed E-state index contributed by atoms with van der Waals surface area (Å²) in [6.45, 7) is 0. The Kier molecular flexibility index (Phi) is 3.29. The monoisotopic (exact) mass is 268 g/mol. The highest BCUT2D eigenvalue weighted by atomic mass is 35.5. The summed E-state index contributed by atoms with van der Waals surface area (Å²) >= 11 is 27.3. The number of nitrogens with zero attached hydrogens (tertiary/aromatic N) is 1. The van der Waals surface area contributed by atoms with E-state index in [0.717, 1.165) is 0 Å². The highest BCUT2D eigenvalue weighted by molar-refractivity contribution is 6.53. The first-order chi connectivity index (χ1) is 5.46. The van der Waals surface area contributed by atoms with Gasteiger partial charge in [0, 0.05) is 0 Å². The van der Waals surface area contributed by atoms with E-state index in [-0.39, 0.29) is 19.9 Å². The van der Waals surface area contributed by atoms with Crippen molar-refractivity contribution >= 4 is 58.0 Å². The predicted octanol–water partition coefficient (Wildman–Crippen LogP) is 3.97. The Morgan fingerprint density at radius 2 is 1.08 bits per heavy atom. The van der Waals surface area contributed by atoms with Gasteiger partial charge >= 0.3 is 10.3 Å². The van der Waals surface area contributed by atoms with Gasteiger partial charge in [0.05, 0.1) is 14.3 Å². The van der Waals surface area contributed by atoms with Crippen molar-refractivity contribution in [2.75, 3.05) is 0 Å². The van der Waals surface area contributed by atoms with E-state index in [0.29, 0.717) is 0 Å². The van der Waals surface area contributed by atoms with Gasteiger partial charge in [0.15, 0.2) is 0 Å². The van der Waals surface area contributed by atoms with E-state index in [1.54, 1.807) is 0 Å². The van der Waals surface area contributed by atoms with Gasteiger partial charge in [-0.1, -0.05) is 34.8 Å². The molecule has 0 aliphatic carbocycles. The summed E-state index contributed by atoms with van der Waals surface area (Å²) in [7, 11) is 0. The summed E-state index contributed by atoms with van der Waals surface area (Å²) in [5.74, 6) is 0. The molecule has 0 saturated carbocycles. The molecule has 0 fully saturated rings. The van der Waals surface area contributed by atoms with Crippen molar-refractivity contribution in [3.8, 4) is 0 Å². The summed E-state index contributed by atoms with van der Waals surface area (Å²) in [6, 6.07) is 0. The molecule has 0 N–H and O–H groups in total. The van der Waals surface area contributed by atoms with Gasteiger partial charge in [0.25, 0.3) is 0 Å². The zero-order valence-electron chi connectivity index (χ0n) is 5.22. The molecule has 1 heterocycles. The highest BCUT2D eigenvalue weighted by Crippen LogP contribution is 2.36. The normalized spacial score (nSPS) is 10.5. The second kappa shape index (κ2) is 3.72. The van der Waals surface area contributed by atoms with Crippen LogP contribution in [0, 0.1) is 0 Å². The van der Waals surface area contributed by atoms with Crippen LogP contribution in [0.15, 0.2) is 0 Å². The summed E-state index contributed by atoms with van der Waals surface area (Å²) in [6.07, 6.45) is 0. The zero-order valence-corrected chi connectivity index (χ0v) is 8.99. The standard InChI is InChI=1S/C5Cl5FN/c6-1-2(7)4(9)12(11)5(10)3(1)8/q+1. The lowest BCUT2D eigenvalue weighted by Gasteiger charge is -1.96. The van der Waals surface area contributed by atoms with Crippen LogP contribution in [0.4, 0.5) is 4.48 Å². The van der Waals surface area contributed by atoms with Crippen molar-refractivity contribution in [3.63, 3.8) is 0 Å². The van der Waals surface area contributed by atoms with E-state index >= 15 is 0 Å². The minimum absolute atomic E-state index is 0.0559. The number of rotatable bonds is 0. The minimum atomic E-state index is -0.406. The second-order valence-electron chi connectivity index (χ2n) is 1.80. The Balaban J connectivity index is 3.60. The molecular weight excluding hydrogens is 270 g/mol. The maximum Gasteiger partial charge on any atom is 0.343 e. The van der Waals surface area contributed by atoms with Crippen molar-refractivity contribution in [2.24, 2.45) is 0 Å². The van der Waals surface area contributed by atoms with E-state index in [9.17, 15) is 4.48 Å². The Morgan fingerprint density at radius 1 is 0.750 bits per heavy atom. The van der Waals surface area contributed by atoms with Gasteiger partial charge in [0.1, 0.15) is 10.0 Å². The molecule has 0 amide bonds. The molecule has 0 saturated heterocycles. The van der Waals surface area contributed by atoms with E-state index in [1.807, 2.05) is 0 Å². The second-order valence-corrected chi connectivity index (χ2v) is 3.65. The molecule has 0 bridgehead atoms. The maximum atomic E-state index is 12.9. The van der Waals surface area contributed by atoms with Gasteiger partial charge in [-0.2, -0.15) is 0 Å². The molecule has 0 radical (unpaired) electrons. The number of hydrogen-bond donors (Lipinski definition) is 0. The van der Waals surface area contributed by atoms with Gasteiger partial charge in [-0.3, -0.25) is 0 Å². The quantitative estimate of drug-likeness (QED) is 0.628. The van der Waals surface area contributed by atoms with Crippen molar-refractivity contribution in [2.45, 2.75) is 0 Å². The first-order valence-electron chi connectivity index (χ1n) is 2.56. The van der Waals surface area contributed by atoms with Crippen LogP contribution < -0.4 is 4.79 Å². The summed E-state index contributed by atoms with van der Waals surface area (Å²) in [5, 5.41) is -1.22. The van der Waals surface area contributed by atoms with Gasteiger partial charge < -0.3 is 0 Å². The fourth-order valence-electron chi connectivity index (χ4n) is 0.536. The molecule has 0 aliphatic heterocycles. The van der Waals surface area contributed by atoms with Crippen molar-refractivity contribution in [3.05, 3.63) is 25.4 Å². The van der Waals surface area contributed by atoms with Crippen LogP contribution in [0.25, 0.3) is 0 Å². The number of halogens is 6. The third-order valence-electron chi connectivity index (χ3n) is 1.09. The fraction of sp³-hybridized carbons (Fsp3) is 0. The zero-order chi connectivity index (χ0) is 9.46. The Labute approximate surface area is 92.5 Å². The van der Waals surface area contributed by atoms with Crippen molar-refractivity contribution in [1.82, 2.24) is 0 Å². The molecule has 0 aromatic carbocycles. The Bertz CT molecular complexity index is 234. The van der Waals surface area contributed by atoms with E-state index in [1.165, 1.54) is 0 Å². The summed E-state index contributed by atoms with van der Waals surface area (Å²) in [5.41, 5.74) is 0. The molecule has 1 rings (SSSR count). The minimum Gasteiger partial charge on any atom is -0.0804 e. The van der Waals surface area contributed by atoms with Gasteiger partial charge in [-0.25, -0.2) is 0 Å². The molecule has 0 aliphatic rings. The molecule has 7 heteroatoms. The van der Waals surface area contributed by atoms with E-state index < -0.39 is 10.3 Å².